The Morgan fingerprint density at radius 2 is 2.41 bits per heavy atom. The molecule has 1 heterocycles. The van der Waals surface area contributed by atoms with Crippen LogP contribution in [0.2, 0.25) is 0 Å². The van der Waals surface area contributed by atoms with Crippen LogP contribution in [0.4, 0.5) is 0 Å². The van der Waals surface area contributed by atoms with Gasteiger partial charge in [0.2, 0.25) is 11.8 Å². The van der Waals surface area contributed by atoms with Crippen molar-refractivity contribution in [2.75, 3.05) is 32.8 Å². The maximum Gasteiger partial charge on any atom is 0.240 e. The molecule has 1 fully saturated rings. The minimum atomic E-state index is -0.422. The van der Waals surface area contributed by atoms with Gasteiger partial charge in [0.05, 0.1) is 19.1 Å². The molecule has 1 saturated heterocycles. The molecule has 1 rings (SSSR count). The predicted molar refractivity (Wildman–Crippen MR) is 63.4 cm³/mol. The van der Waals surface area contributed by atoms with E-state index in [9.17, 15) is 9.59 Å². The van der Waals surface area contributed by atoms with E-state index in [1.807, 2.05) is 6.92 Å². The second-order valence-corrected chi connectivity index (χ2v) is 4.11. The molecule has 1 aliphatic rings. The second-order valence-electron chi connectivity index (χ2n) is 4.11. The van der Waals surface area contributed by atoms with E-state index in [4.69, 9.17) is 5.11 Å². The number of amides is 2. The Hall–Kier alpha value is -1.14. The van der Waals surface area contributed by atoms with Gasteiger partial charge in [-0.1, -0.05) is 6.92 Å². The molecule has 0 aromatic rings. The molecule has 0 aliphatic carbocycles. The molecule has 6 nitrogen and oxygen atoms in total. The zero-order valence-electron chi connectivity index (χ0n) is 10.2. The molecule has 2 amide bonds. The van der Waals surface area contributed by atoms with Gasteiger partial charge in [-0.25, -0.2) is 0 Å². The predicted octanol–water partition coefficient (Wildman–Crippen LogP) is -1.30. The minimum Gasteiger partial charge on any atom is -0.395 e. The van der Waals surface area contributed by atoms with Crippen LogP contribution in [-0.2, 0) is 9.59 Å². The van der Waals surface area contributed by atoms with E-state index >= 15 is 0 Å². The highest BCUT2D eigenvalue weighted by Crippen LogP contribution is 2.05. The minimum absolute atomic E-state index is 0.00255. The van der Waals surface area contributed by atoms with E-state index in [0.717, 1.165) is 19.5 Å². The Morgan fingerprint density at radius 1 is 1.65 bits per heavy atom. The summed E-state index contributed by atoms with van der Waals surface area (Å²) in [4.78, 5) is 25.2. The SMILES string of the molecule is CCCN1CCNC(CC(=O)NCCO)C1=O. The molecule has 1 atom stereocenters. The third kappa shape index (κ3) is 4.32. The van der Waals surface area contributed by atoms with Crippen molar-refractivity contribution in [3.05, 3.63) is 0 Å². The number of nitrogens with zero attached hydrogens (tertiary/aromatic N) is 1. The fourth-order valence-corrected chi connectivity index (χ4v) is 1.90. The summed E-state index contributed by atoms with van der Waals surface area (Å²) in [6.07, 6.45) is 1.06. The number of hydrogen-bond acceptors (Lipinski definition) is 4. The molecule has 1 unspecified atom stereocenters. The molecular formula is C11H21N3O3. The van der Waals surface area contributed by atoms with Crippen LogP contribution >= 0.6 is 0 Å². The standard InChI is InChI=1S/C11H21N3O3/c1-2-5-14-6-3-12-9(11(14)17)8-10(16)13-4-7-15/h9,12,15H,2-8H2,1H3,(H,13,16). The van der Waals surface area contributed by atoms with Crippen molar-refractivity contribution >= 4 is 11.8 Å². The summed E-state index contributed by atoms with van der Waals surface area (Å²) in [5.74, 6) is -0.208. The van der Waals surface area contributed by atoms with E-state index in [-0.39, 0.29) is 31.4 Å². The monoisotopic (exact) mass is 243 g/mol. The first-order chi connectivity index (χ1) is 8.19. The zero-order chi connectivity index (χ0) is 12.7. The Balaban J connectivity index is 2.41. The van der Waals surface area contributed by atoms with E-state index in [1.165, 1.54) is 0 Å². The number of nitrogens with one attached hydrogen (secondary N) is 2. The van der Waals surface area contributed by atoms with Crippen molar-refractivity contribution in [3.8, 4) is 0 Å². The molecular weight excluding hydrogens is 222 g/mol. The normalized spacial score (nSPS) is 20.5. The van der Waals surface area contributed by atoms with Crippen molar-refractivity contribution in [2.45, 2.75) is 25.8 Å². The topological polar surface area (TPSA) is 81.7 Å². The summed E-state index contributed by atoms with van der Waals surface area (Å²) < 4.78 is 0. The highest BCUT2D eigenvalue weighted by molar-refractivity contribution is 5.88. The summed E-state index contributed by atoms with van der Waals surface area (Å²) >= 11 is 0. The van der Waals surface area contributed by atoms with E-state index in [0.29, 0.717) is 6.54 Å². The van der Waals surface area contributed by atoms with Crippen LogP contribution in [0.5, 0.6) is 0 Å². The first-order valence-electron chi connectivity index (χ1n) is 6.08. The number of aliphatic hydroxyl groups is 1. The van der Waals surface area contributed by atoms with Crippen LogP contribution in [0.1, 0.15) is 19.8 Å². The molecule has 3 N–H and O–H groups in total. The lowest BCUT2D eigenvalue weighted by Gasteiger charge is -2.32. The average Bonchev–Trinajstić information content (AvgIpc) is 2.32. The largest absolute Gasteiger partial charge is 0.395 e. The summed E-state index contributed by atoms with van der Waals surface area (Å²) in [6, 6.07) is -0.422. The number of carbonyl (C=O) groups excluding carboxylic acids is 2. The van der Waals surface area contributed by atoms with Gasteiger partial charge in [0, 0.05) is 26.2 Å². The summed E-state index contributed by atoms with van der Waals surface area (Å²) in [5.41, 5.74) is 0. The molecule has 6 heteroatoms. The van der Waals surface area contributed by atoms with E-state index in [2.05, 4.69) is 10.6 Å². The van der Waals surface area contributed by atoms with Gasteiger partial charge in [-0.3, -0.25) is 9.59 Å². The first kappa shape index (κ1) is 13.9. The molecule has 1 aliphatic heterocycles. The summed E-state index contributed by atoms with van der Waals surface area (Å²) in [6.45, 7) is 4.36. The number of hydrogen-bond donors (Lipinski definition) is 3. The molecule has 0 bridgehead atoms. The van der Waals surface area contributed by atoms with Gasteiger partial charge in [-0.15, -0.1) is 0 Å². The smallest absolute Gasteiger partial charge is 0.240 e. The van der Waals surface area contributed by atoms with Crippen LogP contribution < -0.4 is 10.6 Å². The lowest BCUT2D eigenvalue weighted by molar-refractivity contribution is -0.138. The van der Waals surface area contributed by atoms with Crippen molar-refractivity contribution < 1.29 is 14.7 Å². The summed E-state index contributed by atoms with van der Waals surface area (Å²) in [5, 5.41) is 14.2. The van der Waals surface area contributed by atoms with Gasteiger partial charge in [-0.05, 0) is 6.42 Å². The Kier molecular flexibility index (Phi) is 5.93. The highest BCUT2D eigenvalue weighted by Gasteiger charge is 2.29. The van der Waals surface area contributed by atoms with Gasteiger partial charge in [0.1, 0.15) is 0 Å². The van der Waals surface area contributed by atoms with Gasteiger partial charge in [-0.2, -0.15) is 0 Å². The molecule has 0 radical (unpaired) electrons. The molecule has 0 aromatic carbocycles. The lowest BCUT2D eigenvalue weighted by atomic mass is 10.1. The van der Waals surface area contributed by atoms with Crippen LogP contribution in [0.15, 0.2) is 0 Å². The molecule has 98 valence electrons. The summed E-state index contributed by atoms with van der Waals surface area (Å²) in [7, 11) is 0. The maximum absolute atomic E-state index is 12.0. The van der Waals surface area contributed by atoms with Gasteiger partial charge in [0.15, 0.2) is 0 Å². The van der Waals surface area contributed by atoms with E-state index < -0.39 is 6.04 Å². The van der Waals surface area contributed by atoms with Crippen LogP contribution in [-0.4, -0.2) is 60.6 Å². The molecule has 17 heavy (non-hydrogen) atoms. The average molecular weight is 243 g/mol. The van der Waals surface area contributed by atoms with Gasteiger partial charge < -0.3 is 20.6 Å². The van der Waals surface area contributed by atoms with Crippen molar-refractivity contribution in [1.29, 1.82) is 0 Å². The Labute approximate surface area is 101 Å². The Morgan fingerprint density at radius 3 is 3.06 bits per heavy atom. The van der Waals surface area contributed by atoms with Crippen molar-refractivity contribution in [2.24, 2.45) is 0 Å². The van der Waals surface area contributed by atoms with Crippen molar-refractivity contribution in [3.63, 3.8) is 0 Å². The molecule has 0 saturated carbocycles. The Bertz CT molecular complexity index is 269. The van der Waals surface area contributed by atoms with Gasteiger partial charge >= 0.3 is 0 Å². The molecule has 0 aromatic heterocycles. The second kappa shape index (κ2) is 7.24. The van der Waals surface area contributed by atoms with E-state index in [1.54, 1.807) is 4.90 Å². The third-order valence-electron chi connectivity index (χ3n) is 2.70. The fourth-order valence-electron chi connectivity index (χ4n) is 1.90. The first-order valence-corrected chi connectivity index (χ1v) is 6.08. The van der Waals surface area contributed by atoms with Crippen LogP contribution in [0.3, 0.4) is 0 Å². The quantitative estimate of drug-likeness (QED) is 0.541. The maximum atomic E-state index is 12.0. The number of piperazine rings is 1. The lowest BCUT2D eigenvalue weighted by Crippen LogP contribution is -2.56. The zero-order valence-corrected chi connectivity index (χ0v) is 10.2. The van der Waals surface area contributed by atoms with Crippen molar-refractivity contribution in [1.82, 2.24) is 15.5 Å². The van der Waals surface area contributed by atoms with Crippen LogP contribution in [0.25, 0.3) is 0 Å². The number of rotatable bonds is 6. The number of carbonyl (C=O) groups is 2. The van der Waals surface area contributed by atoms with Crippen LogP contribution in [0, 0.1) is 0 Å². The van der Waals surface area contributed by atoms with Gasteiger partial charge in [0.25, 0.3) is 0 Å². The fraction of sp³-hybridized carbons (Fsp3) is 0.818. The highest BCUT2D eigenvalue weighted by atomic mass is 16.3. The number of aliphatic hydroxyl groups excluding tert-OH is 1. The third-order valence-corrected chi connectivity index (χ3v) is 2.70. The molecule has 0 spiro atoms.